The number of urea groups is 1. The first-order valence-corrected chi connectivity index (χ1v) is 13.9. The van der Waals surface area contributed by atoms with Crippen molar-refractivity contribution in [2.45, 2.75) is 52.0 Å². The highest BCUT2D eigenvalue weighted by molar-refractivity contribution is 6.04. The zero-order valence-electron chi connectivity index (χ0n) is 23.8. The molecule has 0 heterocycles. The van der Waals surface area contributed by atoms with E-state index in [4.69, 9.17) is 14.6 Å². The molecule has 9 nitrogen and oxygen atoms in total. The number of hydrogen-bond donors (Lipinski definition) is 2. The number of para-hydroxylation sites is 1. The van der Waals surface area contributed by atoms with Crippen molar-refractivity contribution in [1.82, 2.24) is 0 Å². The molecule has 4 rings (SSSR count). The lowest BCUT2D eigenvalue weighted by Gasteiger charge is -2.35. The number of nitrogens with one attached hydrogen (secondary N) is 1. The van der Waals surface area contributed by atoms with Gasteiger partial charge in [-0.3, -0.25) is 9.69 Å². The van der Waals surface area contributed by atoms with Crippen molar-refractivity contribution in [1.29, 1.82) is 0 Å². The van der Waals surface area contributed by atoms with Crippen molar-refractivity contribution in [2.75, 3.05) is 35.4 Å². The highest BCUT2D eigenvalue weighted by Gasteiger charge is 2.30. The Labute approximate surface area is 240 Å². The Bertz CT molecular complexity index is 1370. The van der Waals surface area contributed by atoms with Gasteiger partial charge in [0, 0.05) is 30.4 Å². The van der Waals surface area contributed by atoms with Crippen LogP contribution < -0.4 is 24.6 Å². The second-order valence-corrected chi connectivity index (χ2v) is 10.1. The van der Waals surface area contributed by atoms with Crippen LogP contribution in [0.3, 0.4) is 0 Å². The molecule has 2 N–H and O–H groups in total. The van der Waals surface area contributed by atoms with E-state index in [0.29, 0.717) is 22.9 Å². The van der Waals surface area contributed by atoms with E-state index in [1.54, 1.807) is 35.1 Å². The van der Waals surface area contributed by atoms with Crippen molar-refractivity contribution in [3.05, 3.63) is 77.9 Å². The van der Waals surface area contributed by atoms with Crippen LogP contribution in [0.5, 0.6) is 11.5 Å². The SMILES string of the molecule is COc1cc(N(CCOc2ccc(C(=O)O)cc2)C(C)=O)ccc1N(C(=O)Nc1ccccc1C)C1CCCCC1. The molecule has 1 fully saturated rings. The van der Waals surface area contributed by atoms with Gasteiger partial charge in [0.25, 0.3) is 0 Å². The fourth-order valence-electron chi connectivity index (χ4n) is 5.15. The van der Waals surface area contributed by atoms with Crippen molar-refractivity contribution < 1.29 is 29.0 Å². The Hall–Kier alpha value is -4.53. The summed E-state index contributed by atoms with van der Waals surface area (Å²) in [5, 5.41) is 12.2. The van der Waals surface area contributed by atoms with Crippen LogP contribution in [-0.2, 0) is 4.79 Å². The van der Waals surface area contributed by atoms with Crippen LogP contribution >= 0.6 is 0 Å². The largest absolute Gasteiger partial charge is 0.494 e. The van der Waals surface area contributed by atoms with E-state index in [2.05, 4.69) is 5.32 Å². The lowest BCUT2D eigenvalue weighted by Crippen LogP contribution is -2.44. The molecule has 0 aliphatic heterocycles. The molecular weight excluding hydrogens is 522 g/mol. The topological polar surface area (TPSA) is 108 Å². The van der Waals surface area contributed by atoms with E-state index in [9.17, 15) is 14.4 Å². The van der Waals surface area contributed by atoms with Gasteiger partial charge in [-0.05, 0) is 67.8 Å². The minimum atomic E-state index is -1.01. The Kier molecular flexibility index (Phi) is 9.84. The molecule has 216 valence electrons. The summed E-state index contributed by atoms with van der Waals surface area (Å²) < 4.78 is 11.5. The number of methoxy groups -OCH3 is 1. The first-order valence-electron chi connectivity index (χ1n) is 13.9. The van der Waals surface area contributed by atoms with E-state index in [-0.39, 0.29) is 36.7 Å². The van der Waals surface area contributed by atoms with E-state index in [1.165, 1.54) is 19.1 Å². The molecule has 9 heteroatoms. The second kappa shape index (κ2) is 13.7. The average molecular weight is 560 g/mol. The predicted octanol–water partition coefficient (Wildman–Crippen LogP) is 6.50. The number of ether oxygens (including phenoxy) is 2. The third-order valence-corrected chi connectivity index (χ3v) is 7.34. The molecule has 3 amide bonds. The Morgan fingerprint density at radius 3 is 2.32 bits per heavy atom. The summed E-state index contributed by atoms with van der Waals surface area (Å²) in [5.41, 5.74) is 3.17. The molecule has 0 atom stereocenters. The quantitative estimate of drug-likeness (QED) is 0.293. The number of aromatic carboxylic acids is 1. The number of aryl methyl sites for hydroxylation is 1. The van der Waals surface area contributed by atoms with Gasteiger partial charge < -0.3 is 24.8 Å². The zero-order valence-corrected chi connectivity index (χ0v) is 23.8. The van der Waals surface area contributed by atoms with Gasteiger partial charge in [-0.15, -0.1) is 0 Å². The maximum Gasteiger partial charge on any atom is 0.335 e. The molecule has 1 aliphatic carbocycles. The molecule has 0 bridgehead atoms. The zero-order chi connectivity index (χ0) is 29.4. The number of carboxylic acid groups (broad SMARTS) is 1. The van der Waals surface area contributed by atoms with Crippen molar-refractivity contribution >= 4 is 35.0 Å². The number of amides is 3. The first kappa shape index (κ1) is 29.5. The van der Waals surface area contributed by atoms with Crippen molar-refractivity contribution in [2.24, 2.45) is 0 Å². The minimum Gasteiger partial charge on any atom is -0.494 e. The highest BCUT2D eigenvalue weighted by atomic mass is 16.5. The molecule has 0 radical (unpaired) electrons. The van der Waals surface area contributed by atoms with Gasteiger partial charge in [0.15, 0.2) is 0 Å². The van der Waals surface area contributed by atoms with Crippen LogP contribution in [0.4, 0.5) is 21.9 Å². The second-order valence-electron chi connectivity index (χ2n) is 10.1. The Morgan fingerprint density at radius 2 is 1.68 bits per heavy atom. The summed E-state index contributed by atoms with van der Waals surface area (Å²) in [4.78, 5) is 40.8. The summed E-state index contributed by atoms with van der Waals surface area (Å²) >= 11 is 0. The molecule has 0 unspecified atom stereocenters. The van der Waals surface area contributed by atoms with Gasteiger partial charge >= 0.3 is 12.0 Å². The number of hydrogen-bond acceptors (Lipinski definition) is 5. The van der Waals surface area contributed by atoms with E-state index >= 15 is 0 Å². The molecule has 3 aromatic rings. The number of rotatable bonds is 10. The monoisotopic (exact) mass is 559 g/mol. The number of carbonyl (C=O) groups excluding carboxylic acids is 2. The van der Waals surface area contributed by atoms with Gasteiger partial charge in [0.1, 0.15) is 18.1 Å². The van der Waals surface area contributed by atoms with Gasteiger partial charge in [-0.25, -0.2) is 9.59 Å². The molecule has 0 spiro atoms. The van der Waals surface area contributed by atoms with Crippen LogP contribution in [0.25, 0.3) is 0 Å². The van der Waals surface area contributed by atoms with Crippen LogP contribution in [0.2, 0.25) is 0 Å². The van der Waals surface area contributed by atoms with Crippen molar-refractivity contribution in [3.63, 3.8) is 0 Å². The van der Waals surface area contributed by atoms with Crippen LogP contribution in [0.1, 0.15) is 54.9 Å². The Morgan fingerprint density at radius 1 is 0.976 bits per heavy atom. The first-order chi connectivity index (χ1) is 19.8. The molecule has 0 aromatic heterocycles. The van der Waals surface area contributed by atoms with E-state index in [0.717, 1.165) is 43.4 Å². The minimum absolute atomic E-state index is 0.0253. The molecule has 0 saturated heterocycles. The van der Waals surface area contributed by atoms with Crippen LogP contribution in [-0.4, -0.2) is 49.3 Å². The van der Waals surface area contributed by atoms with Gasteiger partial charge in [0.05, 0.1) is 24.9 Å². The highest BCUT2D eigenvalue weighted by Crippen LogP contribution is 2.37. The van der Waals surface area contributed by atoms with Crippen LogP contribution in [0, 0.1) is 6.92 Å². The fraction of sp³-hybridized carbons (Fsp3) is 0.344. The molecule has 1 aliphatic rings. The fourth-order valence-corrected chi connectivity index (χ4v) is 5.15. The molecular formula is C32H37N3O6. The third-order valence-electron chi connectivity index (χ3n) is 7.34. The molecule has 41 heavy (non-hydrogen) atoms. The van der Waals surface area contributed by atoms with Gasteiger partial charge in [-0.1, -0.05) is 37.5 Å². The summed E-state index contributed by atoms with van der Waals surface area (Å²) in [6.07, 6.45) is 5.05. The summed E-state index contributed by atoms with van der Waals surface area (Å²) in [7, 11) is 1.56. The third kappa shape index (κ3) is 7.36. The van der Waals surface area contributed by atoms with Crippen LogP contribution in [0.15, 0.2) is 66.7 Å². The lowest BCUT2D eigenvalue weighted by molar-refractivity contribution is -0.116. The lowest BCUT2D eigenvalue weighted by atomic mass is 9.94. The normalized spacial score (nSPS) is 13.2. The molecule has 3 aromatic carbocycles. The standard InChI is InChI=1S/C32H37N3O6/c1-22-9-7-8-12-28(22)33-32(39)35(25-10-5-4-6-11-25)29-18-15-26(21-30(29)40-3)34(23(2)36)19-20-41-27-16-13-24(14-17-27)31(37)38/h7-9,12-18,21,25H,4-6,10-11,19-20H2,1-3H3,(H,33,39)(H,37,38). The van der Waals surface area contributed by atoms with Gasteiger partial charge in [-0.2, -0.15) is 0 Å². The average Bonchev–Trinajstić information content (AvgIpc) is 2.97. The Balaban J connectivity index is 1.55. The molecule has 1 saturated carbocycles. The number of carbonyl (C=O) groups is 3. The van der Waals surface area contributed by atoms with E-state index < -0.39 is 5.97 Å². The van der Waals surface area contributed by atoms with Crippen molar-refractivity contribution in [3.8, 4) is 11.5 Å². The number of carboxylic acids is 1. The maximum absolute atomic E-state index is 13.7. The van der Waals surface area contributed by atoms with Gasteiger partial charge in [0.2, 0.25) is 5.91 Å². The summed E-state index contributed by atoms with van der Waals surface area (Å²) in [6, 6.07) is 19.0. The predicted molar refractivity (Wildman–Crippen MR) is 159 cm³/mol. The summed E-state index contributed by atoms with van der Waals surface area (Å²) in [6.45, 7) is 3.90. The number of benzene rings is 3. The van der Waals surface area contributed by atoms with E-state index in [1.807, 2.05) is 43.3 Å². The maximum atomic E-state index is 13.7. The number of anilines is 3. The smallest absolute Gasteiger partial charge is 0.335 e. The number of nitrogens with zero attached hydrogens (tertiary/aromatic N) is 2. The summed E-state index contributed by atoms with van der Waals surface area (Å²) in [5.74, 6) is -0.184.